The summed E-state index contributed by atoms with van der Waals surface area (Å²) in [6.45, 7) is 3.94. The van der Waals surface area contributed by atoms with Crippen LogP contribution in [-0.2, 0) is 26.6 Å². The van der Waals surface area contributed by atoms with Crippen LogP contribution in [0.3, 0.4) is 0 Å². The molecule has 8 nitrogen and oxygen atoms in total. The molecular weight excluding hydrogens is 384 g/mol. The third-order valence-corrected chi connectivity index (χ3v) is 8.29. The molecule has 0 unspecified atom stereocenters. The van der Waals surface area contributed by atoms with Crippen LogP contribution in [0.5, 0.6) is 0 Å². The van der Waals surface area contributed by atoms with E-state index in [0.717, 1.165) is 6.42 Å². The van der Waals surface area contributed by atoms with Crippen LogP contribution in [0.1, 0.15) is 39.5 Å². The zero-order valence-electron chi connectivity index (χ0n) is 16.2. The fourth-order valence-corrected chi connectivity index (χ4v) is 6.86. The number of rotatable bonds is 5. The van der Waals surface area contributed by atoms with Crippen LogP contribution in [-0.4, -0.2) is 41.9 Å². The standard InChI is InChI=1S/C19H24N2O6S/c1-4-19(17(22)26-5-2)11-12-6-9-16(19)21(12)28(24,25)13-7-8-14-15(10-13)27-18(23)20(14)3/h7-8,10,12,16H,4-6,9,11H2,1-3H3/t12-,16+,19+/m0/s1. The maximum absolute atomic E-state index is 13.5. The number of aromatic nitrogens is 1. The van der Waals surface area contributed by atoms with Gasteiger partial charge in [0.25, 0.3) is 0 Å². The Morgan fingerprint density at radius 2 is 2.07 bits per heavy atom. The number of carbonyl (C=O) groups excluding carboxylic acids is 1. The van der Waals surface area contributed by atoms with E-state index < -0.39 is 27.2 Å². The van der Waals surface area contributed by atoms with Crippen LogP contribution >= 0.6 is 0 Å². The van der Waals surface area contributed by atoms with E-state index in [1.165, 1.54) is 21.0 Å². The van der Waals surface area contributed by atoms with E-state index in [1.807, 2.05) is 6.92 Å². The van der Waals surface area contributed by atoms with Crippen LogP contribution in [0.4, 0.5) is 0 Å². The number of aryl methyl sites for hydroxylation is 1. The van der Waals surface area contributed by atoms with Crippen molar-refractivity contribution in [3.8, 4) is 0 Å². The maximum atomic E-state index is 13.5. The summed E-state index contributed by atoms with van der Waals surface area (Å²) in [5, 5.41) is 0. The Kier molecular flexibility index (Phi) is 4.42. The number of benzene rings is 1. The van der Waals surface area contributed by atoms with Gasteiger partial charge in [-0.05, 0) is 44.7 Å². The first-order valence-corrected chi connectivity index (χ1v) is 11.0. The molecule has 2 bridgehead atoms. The minimum Gasteiger partial charge on any atom is -0.466 e. The molecule has 28 heavy (non-hydrogen) atoms. The molecule has 2 saturated heterocycles. The monoisotopic (exact) mass is 408 g/mol. The van der Waals surface area contributed by atoms with Gasteiger partial charge in [0.1, 0.15) is 0 Å². The molecule has 152 valence electrons. The van der Waals surface area contributed by atoms with Crippen LogP contribution in [0.15, 0.2) is 32.3 Å². The SMILES string of the molecule is CCOC(=O)[C@]1(CC)C[C@@H]2CC[C@H]1N2S(=O)(=O)c1ccc2c(c1)oc(=O)n2C. The molecule has 4 rings (SSSR count). The first-order valence-electron chi connectivity index (χ1n) is 9.56. The highest BCUT2D eigenvalue weighted by atomic mass is 32.2. The van der Waals surface area contributed by atoms with Gasteiger partial charge in [0.05, 0.1) is 22.4 Å². The van der Waals surface area contributed by atoms with E-state index in [9.17, 15) is 18.0 Å². The summed E-state index contributed by atoms with van der Waals surface area (Å²) in [7, 11) is -2.28. The van der Waals surface area contributed by atoms with Crippen LogP contribution in [0.25, 0.3) is 11.1 Å². The van der Waals surface area contributed by atoms with Crippen molar-refractivity contribution in [1.82, 2.24) is 8.87 Å². The van der Waals surface area contributed by atoms with E-state index in [2.05, 4.69) is 0 Å². The summed E-state index contributed by atoms with van der Waals surface area (Å²) in [6, 6.07) is 3.82. The number of oxazole rings is 1. The molecule has 0 spiro atoms. The van der Waals surface area contributed by atoms with Gasteiger partial charge in [0, 0.05) is 25.2 Å². The van der Waals surface area contributed by atoms with Crippen molar-refractivity contribution in [2.24, 2.45) is 12.5 Å². The Labute approximate surface area is 163 Å². The Morgan fingerprint density at radius 1 is 1.32 bits per heavy atom. The molecular formula is C19H24N2O6S. The Morgan fingerprint density at radius 3 is 2.75 bits per heavy atom. The Hall–Kier alpha value is -2.13. The van der Waals surface area contributed by atoms with Crippen LogP contribution in [0, 0.1) is 5.41 Å². The van der Waals surface area contributed by atoms with Gasteiger partial charge >= 0.3 is 11.7 Å². The van der Waals surface area contributed by atoms with Crippen LogP contribution < -0.4 is 5.76 Å². The maximum Gasteiger partial charge on any atom is 0.419 e. The minimum atomic E-state index is -3.84. The molecule has 1 aromatic carbocycles. The van der Waals surface area contributed by atoms with Crippen molar-refractivity contribution >= 4 is 27.1 Å². The van der Waals surface area contributed by atoms with Gasteiger partial charge in [-0.2, -0.15) is 4.31 Å². The van der Waals surface area contributed by atoms with Crippen molar-refractivity contribution < 1.29 is 22.4 Å². The summed E-state index contributed by atoms with van der Waals surface area (Å²) >= 11 is 0. The summed E-state index contributed by atoms with van der Waals surface area (Å²) in [6.07, 6.45) is 2.38. The van der Waals surface area contributed by atoms with E-state index in [0.29, 0.717) is 24.8 Å². The molecule has 2 aliphatic heterocycles. The zero-order valence-corrected chi connectivity index (χ0v) is 17.0. The number of sulfonamides is 1. The molecule has 0 N–H and O–H groups in total. The van der Waals surface area contributed by atoms with Crippen molar-refractivity contribution in [3.63, 3.8) is 0 Å². The Bertz CT molecular complexity index is 1100. The van der Waals surface area contributed by atoms with Gasteiger partial charge in [0.15, 0.2) is 5.58 Å². The number of esters is 1. The average molecular weight is 408 g/mol. The summed E-state index contributed by atoms with van der Waals surface area (Å²) < 4.78 is 40.2. The summed E-state index contributed by atoms with van der Waals surface area (Å²) in [5.41, 5.74) is -0.0369. The molecule has 9 heteroatoms. The van der Waals surface area contributed by atoms with Gasteiger partial charge in [0.2, 0.25) is 10.0 Å². The largest absolute Gasteiger partial charge is 0.466 e. The van der Waals surface area contributed by atoms with Crippen molar-refractivity contribution in [2.75, 3.05) is 6.61 Å². The summed E-state index contributed by atoms with van der Waals surface area (Å²) in [5.74, 6) is -0.854. The fourth-order valence-electron chi connectivity index (χ4n) is 4.91. The van der Waals surface area contributed by atoms with Crippen molar-refractivity contribution in [3.05, 3.63) is 28.7 Å². The Balaban J connectivity index is 1.76. The molecule has 3 atom stereocenters. The second-order valence-corrected chi connectivity index (χ2v) is 9.42. The average Bonchev–Trinajstić information content (AvgIpc) is 3.32. The molecule has 0 aliphatic carbocycles. The highest BCUT2D eigenvalue weighted by molar-refractivity contribution is 7.89. The van der Waals surface area contributed by atoms with Crippen molar-refractivity contribution in [2.45, 2.75) is 56.5 Å². The molecule has 2 fully saturated rings. The fraction of sp³-hybridized carbons (Fsp3) is 0.579. The van der Waals surface area contributed by atoms with E-state index >= 15 is 0 Å². The van der Waals surface area contributed by atoms with E-state index in [-0.39, 0.29) is 29.1 Å². The number of fused-ring (bicyclic) bond motifs is 3. The van der Waals surface area contributed by atoms with Gasteiger partial charge in [-0.3, -0.25) is 9.36 Å². The zero-order chi connectivity index (χ0) is 20.3. The van der Waals surface area contributed by atoms with Crippen molar-refractivity contribution in [1.29, 1.82) is 0 Å². The predicted molar refractivity (Wildman–Crippen MR) is 101 cm³/mol. The lowest BCUT2D eigenvalue weighted by Gasteiger charge is -2.34. The first-order chi connectivity index (χ1) is 13.3. The van der Waals surface area contributed by atoms with Gasteiger partial charge in [-0.1, -0.05) is 6.92 Å². The second-order valence-electron chi connectivity index (χ2n) is 7.57. The van der Waals surface area contributed by atoms with E-state index in [1.54, 1.807) is 20.0 Å². The minimum absolute atomic E-state index is 0.0713. The normalized spacial score (nSPS) is 27.5. The smallest absolute Gasteiger partial charge is 0.419 e. The predicted octanol–water partition coefficient (Wildman–Crippen LogP) is 2.02. The number of hydrogen-bond donors (Lipinski definition) is 0. The molecule has 0 saturated carbocycles. The molecule has 2 aliphatic rings. The molecule has 0 amide bonds. The molecule has 3 heterocycles. The summed E-state index contributed by atoms with van der Waals surface area (Å²) in [4.78, 5) is 24.5. The van der Waals surface area contributed by atoms with Gasteiger partial charge < -0.3 is 9.15 Å². The lowest BCUT2D eigenvalue weighted by atomic mass is 9.72. The molecule has 2 aromatic rings. The quantitative estimate of drug-likeness (QED) is 0.702. The number of nitrogens with zero attached hydrogens (tertiary/aromatic N) is 2. The number of hydrogen-bond acceptors (Lipinski definition) is 6. The lowest BCUT2D eigenvalue weighted by molar-refractivity contribution is -0.157. The van der Waals surface area contributed by atoms with Gasteiger partial charge in [-0.15, -0.1) is 0 Å². The molecule has 0 radical (unpaired) electrons. The number of ether oxygens (including phenoxy) is 1. The van der Waals surface area contributed by atoms with Gasteiger partial charge in [-0.25, -0.2) is 13.2 Å². The molecule has 1 aromatic heterocycles. The topological polar surface area (TPSA) is 98.8 Å². The number of carbonyl (C=O) groups is 1. The highest BCUT2D eigenvalue weighted by Gasteiger charge is 2.63. The first kappa shape index (κ1) is 19.2. The highest BCUT2D eigenvalue weighted by Crippen LogP contribution is 2.54. The second kappa shape index (κ2) is 6.45. The third kappa shape index (κ3) is 2.49. The third-order valence-electron chi connectivity index (χ3n) is 6.33. The van der Waals surface area contributed by atoms with E-state index in [4.69, 9.17) is 9.15 Å². The lowest BCUT2D eigenvalue weighted by Crippen LogP contribution is -2.45. The van der Waals surface area contributed by atoms with Crippen LogP contribution in [0.2, 0.25) is 0 Å².